The number of benzene rings is 2. The second kappa shape index (κ2) is 5.58. The number of aliphatic hydroxyl groups is 1. The van der Waals surface area contributed by atoms with Crippen LogP contribution in [0.25, 0.3) is 0 Å². The molecule has 0 bridgehead atoms. The fourth-order valence-electron chi connectivity index (χ4n) is 2.74. The number of rotatable bonds is 2. The lowest BCUT2D eigenvalue weighted by Gasteiger charge is -2.31. The van der Waals surface area contributed by atoms with Gasteiger partial charge in [-0.3, -0.25) is 0 Å². The van der Waals surface area contributed by atoms with E-state index in [1.807, 2.05) is 43.3 Å². The maximum Gasteiger partial charge on any atom is 0.129 e. The Morgan fingerprint density at radius 3 is 2.67 bits per heavy atom. The molecule has 0 aromatic heterocycles. The van der Waals surface area contributed by atoms with E-state index in [0.717, 1.165) is 22.4 Å². The number of halogens is 1. The van der Waals surface area contributed by atoms with Crippen LogP contribution in [0.1, 0.15) is 35.3 Å². The van der Waals surface area contributed by atoms with Gasteiger partial charge in [0.05, 0.1) is 13.2 Å². The summed E-state index contributed by atoms with van der Waals surface area (Å²) in [5.41, 5.74) is 2.91. The fourth-order valence-corrected chi connectivity index (χ4v) is 2.97. The SMILES string of the molecule is COc1ccc2c(c1)OC(c1ccc(Cl)cc1C)C[C@H]2O. The van der Waals surface area contributed by atoms with E-state index >= 15 is 0 Å². The first-order valence-electron chi connectivity index (χ1n) is 6.87. The van der Waals surface area contributed by atoms with Gasteiger partial charge >= 0.3 is 0 Å². The molecule has 0 saturated heterocycles. The van der Waals surface area contributed by atoms with Gasteiger partial charge in [0, 0.05) is 23.1 Å². The maximum absolute atomic E-state index is 10.4. The third kappa shape index (κ3) is 2.71. The van der Waals surface area contributed by atoms with Crippen molar-refractivity contribution in [3.8, 4) is 11.5 Å². The third-order valence-corrected chi connectivity index (χ3v) is 4.10. The van der Waals surface area contributed by atoms with Gasteiger partial charge in [-0.2, -0.15) is 0 Å². The van der Waals surface area contributed by atoms with E-state index < -0.39 is 6.10 Å². The van der Waals surface area contributed by atoms with Crippen LogP contribution in [-0.4, -0.2) is 12.2 Å². The number of aliphatic hydroxyl groups excluding tert-OH is 1. The minimum atomic E-state index is -0.542. The van der Waals surface area contributed by atoms with Crippen molar-refractivity contribution in [3.63, 3.8) is 0 Å². The maximum atomic E-state index is 10.4. The lowest BCUT2D eigenvalue weighted by atomic mass is 9.93. The molecule has 0 fully saturated rings. The van der Waals surface area contributed by atoms with E-state index in [1.54, 1.807) is 7.11 Å². The van der Waals surface area contributed by atoms with Gasteiger partial charge in [-0.05, 0) is 42.3 Å². The van der Waals surface area contributed by atoms with E-state index in [1.165, 1.54) is 0 Å². The van der Waals surface area contributed by atoms with Crippen molar-refractivity contribution < 1.29 is 14.6 Å². The number of hydrogen-bond acceptors (Lipinski definition) is 3. The van der Waals surface area contributed by atoms with Crippen LogP contribution in [0.5, 0.6) is 11.5 Å². The van der Waals surface area contributed by atoms with Gasteiger partial charge in [-0.25, -0.2) is 0 Å². The molecule has 110 valence electrons. The van der Waals surface area contributed by atoms with Gasteiger partial charge in [-0.15, -0.1) is 0 Å². The van der Waals surface area contributed by atoms with Gasteiger partial charge in [0.2, 0.25) is 0 Å². The highest BCUT2D eigenvalue weighted by Crippen LogP contribution is 2.43. The fraction of sp³-hybridized carbons (Fsp3) is 0.294. The zero-order chi connectivity index (χ0) is 15.0. The van der Waals surface area contributed by atoms with Crippen molar-refractivity contribution in [3.05, 3.63) is 58.1 Å². The molecular weight excluding hydrogens is 288 g/mol. The van der Waals surface area contributed by atoms with Crippen LogP contribution in [0.2, 0.25) is 5.02 Å². The molecule has 3 rings (SSSR count). The number of hydrogen-bond donors (Lipinski definition) is 1. The van der Waals surface area contributed by atoms with Gasteiger partial charge in [0.15, 0.2) is 0 Å². The van der Waals surface area contributed by atoms with Crippen molar-refractivity contribution in [1.29, 1.82) is 0 Å². The standard InChI is InChI=1S/C17H17ClO3/c1-10-7-11(18)3-5-13(10)17-9-15(19)14-6-4-12(20-2)8-16(14)21-17/h3-8,15,17,19H,9H2,1-2H3/t15-,17?/m1/s1. The molecule has 1 aliphatic heterocycles. The molecule has 0 radical (unpaired) electrons. The average molecular weight is 305 g/mol. The quantitative estimate of drug-likeness (QED) is 0.903. The van der Waals surface area contributed by atoms with Crippen molar-refractivity contribution in [2.24, 2.45) is 0 Å². The molecule has 0 amide bonds. The molecule has 1 heterocycles. The second-order valence-electron chi connectivity index (χ2n) is 5.26. The first kappa shape index (κ1) is 14.2. The topological polar surface area (TPSA) is 38.7 Å². The summed E-state index contributed by atoms with van der Waals surface area (Å²) < 4.78 is 11.3. The molecule has 21 heavy (non-hydrogen) atoms. The molecule has 2 atom stereocenters. The zero-order valence-electron chi connectivity index (χ0n) is 12.0. The highest BCUT2D eigenvalue weighted by Gasteiger charge is 2.29. The molecule has 0 aliphatic carbocycles. The van der Waals surface area contributed by atoms with Gasteiger partial charge in [0.25, 0.3) is 0 Å². The molecule has 2 aromatic carbocycles. The summed E-state index contributed by atoms with van der Waals surface area (Å²) in [6.07, 6.45) is -0.196. The summed E-state index contributed by atoms with van der Waals surface area (Å²) in [4.78, 5) is 0. The van der Waals surface area contributed by atoms with E-state index in [0.29, 0.717) is 17.2 Å². The Bertz CT molecular complexity index is 669. The second-order valence-corrected chi connectivity index (χ2v) is 5.70. The smallest absolute Gasteiger partial charge is 0.129 e. The Morgan fingerprint density at radius 1 is 1.19 bits per heavy atom. The van der Waals surface area contributed by atoms with Crippen LogP contribution in [0.4, 0.5) is 0 Å². The van der Waals surface area contributed by atoms with Crippen LogP contribution in [0.15, 0.2) is 36.4 Å². The Kier molecular flexibility index (Phi) is 3.79. The summed E-state index contributed by atoms with van der Waals surface area (Å²) in [6, 6.07) is 11.2. The van der Waals surface area contributed by atoms with Crippen LogP contribution >= 0.6 is 11.6 Å². The van der Waals surface area contributed by atoms with E-state index in [2.05, 4.69) is 0 Å². The normalized spacial score (nSPS) is 20.6. The minimum absolute atomic E-state index is 0.183. The molecule has 3 nitrogen and oxygen atoms in total. The van der Waals surface area contributed by atoms with Crippen LogP contribution in [-0.2, 0) is 0 Å². The predicted molar refractivity (Wildman–Crippen MR) is 82.1 cm³/mol. The Hall–Kier alpha value is -1.71. The van der Waals surface area contributed by atoms with E-state index in [4.69, 9.17) is 21.1 Å². The summed E-state index contributed by atoms with van der Waals surface area (Å²) in [6.45, 7) is 2.00. The molecule has 1 N–H and O–H groups in total. The number of aryl methyl sites for hydroxylation is 1. The van der Waals surface area contributed by atoms with Crippen LogP contribution < -0.4 is 9.47 Å². The Morgan fingerprint density at radius 2 is 1.95 bits per heavy atom. The Labute approximate surface area is 129 Å². The number of fused-ring (bicyclic) bond motifs is 1. The summed E-state index contributed by atoms with van der Waals surface area (Å²) in [5.74, 6) is 1.39. The molecule has 0 spiro atoms. The molecule has 1 unspecified atom stereocenters. The van der Waals surface area contributed by atoms with Crippen LogP contribution in [0.3, 0.4) is 0 Å². The third-order valence-electron chi connectivity index (χ3n) is 3.87. The van der Waals surface area contributed by atoms with Gasteiger partial charge in [0.1, 0.15) is 17.6 Å². The number of methoxy groups -OCH3 is 1. The van der Waals surface area contributed by atoms with Crippen molar-refractivity contribution in [2.75, 3.05) is 7.11 Å². The lowest BCUT2D eigenvalue weighted by Crippen LogP contribution is -2.19. The highest BCUT2D eigenvalue weighted by atomic mass is 35.5. The van der Waals surface area contributed by atoms with E-state index in [9.17, 15) is 5.11 Å². The van der Waals surface area contributed by atoms with Crippen LogP contribution in [0, 0.1) is 6.92 Å². The van der Waals surface area contributed by atoms with Crippen molar-refractivity contribution in [2.45, 2.75) is 25.6 Å². The van der Waals surface area contributed by atoms with Crippen molar-refractivity contribution >= 4 is 11.6 Å². The first-order chi connectivity index (χ1) is 10.1. The molecular formula is C17H17ClO3. The average Bonchev–Trinajstić information content (AvgIpc) is 2.46. The first-order valence-corrected chi connectivity index (χ1v) is 7.25. The lowest BCUT2D eigenvalue weighted by molar-refractivity contribution is 0.0652. The van der Waals surface area contributed by atoms with Gasteiger partial charge < -0.3 is 14.6 Å². The summed E-state index contributed by atoms with van der Waals surface area (Å²) in [7, 11) is 1.61. The summed E-state index contributed by atoms with van der Waals surface area (Å²) in [5, 5.41) is 11.1. The number of ether oxygens (including phenoxy) is 2. The molecule has 4 heteroatoms. The Balaban J connectivity index is 1.96. The van der Waals surface area contributed by atoms with E-state index in [-0.39, 0.29) is 6.10 Å². The molecule has 2 aromatic rings. The highest BCUT2D eigenvalue weighted by molar-refractivity contribution is 6.30. The zero-order valence-corrected chi connectivity index (χ0v) is 12.7. The minimum Gasteiger partial charge on any atom is -0.497 e. The molecule has 0 saturated carbocycles. The molecule has 1 aliphatic rings. The largest absolute Gasteiger partial charge is 0.497 e. The van der Waals surface area contributed by atoms with Crippen molar-refractivity contribution in [1.82, 2.24) is 0 Å². The summed E-state index contributed by atoms with van der Waals surface area (Å²) >= 11 is 6.00. The monoisotopic (exact) mass is 304 g/mol. The predicted octanol–water partition coefficient (Wildman–Crippen LogP) is 4.21. The van der Waals surface area contributed by atoms with Gasteiger partial charge in [-0.1, -0.05) is 17.7 Å².